The largest absolute Gasteiger partial charge is 0.543 e. The predicted molar refractivity (Wildman–Crippen MR) is 109 cm³/mol. The van der Waals surface area contributed by atoms with Gasteiger partial charge < -0.3 is 14.1 Å². The molecule has 0 radical (unpaired) electrons. The molecule has 3 nitrogen and oxygen atoms in total. The number of nitrogens with zero attached hydrogens (tertiary/aromatic N) is 1. The van der Waals surface area contributed by atoms with Gasteiger partial charge in [0.05, 0.1) is 7.11 Å². The first-order valence-electron chi connectivity index (χ1n) is 8.86. The second-order valence-electron chi connectivity index (χ2n) is 8.17. The molecule has 2 rings (SSSR count). The zero-order valence-electron chi connectivity index (χ0n) is 16.9. The number of hydrogen-bond donors (Lipinski definition) is 0. The number of rotatable bonds is 6. The second-order valence-corrected chi connectivity index (χ2v) is 12.9. The van der Waals surface area contributed by atoms with E-state index in [1.54, 1.807) is 7.11 Å². The van der Waals surface area contributed by atoms with Crippen molar-refractivity contribution in [2.24, 2.45) is 0 Å². The molecule has 0 spiro atoms. The van der Waals surface area contributed by atoms with E-state index in [1.165, 1.54) is 6.07 Å². The molecule has 0 unspecified atom stereocenters. The van der Waals surface area contributed by atoms with Crippen molar-refractivity contribution in [1.82, 2.24) is 0 Å². The minimum absolute atomic E-state index is 0.0801. The standard InChI is InChI=1S/C21H30FNO2Si/c1-21(2,3)26(6,7)25-19-11-8-16(20(22)14-19)15-23(4)17-9-12-18(24-5)13-10-17/h8-14H,15H2,1-7H3. The van der Waals surface area contributed by atoms with Crippen LogP contribution in [0.25, 0.3) is 0 Å². The SMILES string of the molecule is COc1ccc(N(C)Cc2ccc(O[Si](C)(C)C(C)(C)C)cc2F)cc1. The molecule has 0 aliphatic heterocycles. The summed E-state index contributed by atoms with van der Waals surface area (Å²) in [5.41, 5.74) is 1.65. The predicted octanol–water partition coefficient (Wildman–Crippen LogP) is 5.85. The molecule has 0 aromatic heterocycles. The Kier molecular flexibility index (Phi) is 6.01. The van der Waals surface area contributed by atoms with Crippen LogP contribution in [0.5, 0.6) is 11.5 Å². The van der Waals surface area contributed by atoms with E-state index < -0.39 is 8.32 Å². The maximum Gasteiger partial charge on any atom is 0.250 e. The summed E-state index contributed by atoms with van der Waals surface area (Å²) >= 11 is 0. The van der Waals surface area contributed by atoms with Crippen LogP contribution >= 0.6 is 0 Å². The highest BCUT2D eigenvalue weighted by Gasteiger charge is 2.39. The molecule has 5 heteroatoms. The third-order valence-electron chi connectivity index (χ3n) is 5.12. The van der Waals surface area contributed by atoms with Gasteiger partial charge in [-0.25, -0.2) is 4.39 Å². The number of ether oxygens (including phenoxy) is 1. The molecule has 0 N–H and O–H groups in total. The Morgan fingerprint density at radius 2 is 1.58 bits per heavy atom. The number of anilines is 1. The molecule has 0 atom stereocenters. The van der Waals surface area contributed by atoms with Gasteiger partial charge in [-0.05, 0) is 48.5 Å². The lowest BCUT2D eigenvalue weighted by Crippen LogP contribution is -2.43. The van der Waals surface area contributed by atoms with Crippen molar-refractivity contribution >= 4 is 14.0 Å². The molecular weight excluding hydrogens is 345 g/mol. The third-order valence-corrected chi connectivity index (χ3v) is 9.48. The molecule has 0 amide bonds. The fourth-order valence-electron chi connectivity index (χ4n) is 2.35. The second kappa shape index (κ2) is 7.70. The molecule has 0 aliphatic carbocycles. The monoisotopic (exact) mass is 375 g/mol. The summed E-state index contributed by atoms with van der Waals surface area (Å²) in [5, 5.41) is 0.0801. The minimum atomic E-state index is -1.97. The summed E-state index contributed by atoms with van der Waals surface area (Å²) < 4.78 is 26.0. The average molecular weight is 376 g/mol. The van der Waals surface area contributed by atoms with E-state index in [0.717, 1.165) is 11.4 Å². The molecule has 0 bridgehead atoms. The van der Waals surface area contributed by atoms with Gasteiger partial charge >= 0.3 is 0 Å². The molecular formula is C21H30FNO2Si. The van der Waals surface area contributed by atoms with E-state index in [-0.39, 0.29) is 10.9 Å². The van der Waals surface area contributed by atoms with Crippen LogP contribution in [0.15, 0.2) is 42.5 Å². The molecule has 0 saturated carbocycles. The van der Waals surface area contributed by atoms with Gasteiger partial charge in [0.15, 0.2) is 0 Å². The van der Waals surface area contributed by atoms with Crippen LogP contribution in [-0.2, 0) is 6.54 Å². The van der Waals surface area contributed by atoms with Gasteiger partial charge in [0.25, 0.3) is 0 Å². The maximum atomic E-state index is 14.6. The van der Waals surface area contributed by atoms with Crippen LogP contribution in [0.4, 0.5) is 10.1 Å². The third kappa shape index (κ3) is 4.79. The zero-order chi connectivity index (χ0) is 19.5. The van der Waals surface area contributed by atoms with Crippen LogP contribution in [-0.4, -0.2) is 22.5 Å². The lowest BCUT2D eigenvalue weighted by atomic mass is 10.2. The highest BCUT2D eigenvalue weighted by atomic mass is 28.4. The van der Waals surface area contributed by atoms with Crippen molar-refractivity contribution < 1.29 is 13.6 Å². The summed E-state index contributed by atoms with van der Waals surface area (Å²) in [6, 6.07) is 12.9. The number of benzene rings is 2. The highest BCUT2D eigenvalue weighted by Crippen LogP contribution is 2.37. The Morgan fingerprint density at radius 1 is 1.00 bits per heavy atom. The molecule has 2 aromatic carbocycles. The fraction of sp³-hybridized carbons (Fsp3) is 0.429. The Bertz CT molecular complexity index is 739. The number of halogens is 1. The Hall–Kier alpha value is -2.01. The van der Waals surface area contributed by atoms with Gasteiger partial charge in [0.1, 0.15) is 17.3 Å². The van der Waals surface area contributed by atoms with Crippen molar-refractivity contribution in [1.29, 1.82) is 0 Å². The van der Waals surface area contributed by atoms with E-state index in [9.17, 15) is 4.39 Å². The van der Waals surface area contributed by atoms with Crippen molar-refractivity contribution in [3.05, 3.63) is 53.8 Å². The van der Waals surface area contributed by atoms with Crippen LogP contribution in [0, 0.1) is 5.82 Å². The van der Waals surface area contributed by atoms with E-state index in [1.807, 2.05) is 48.3 Å². The van der Waals surface area contributed by atoms with Crippen LogP contribution in [0.2, 0.25) is 18.1 Å². The average Bonchev–Trinajstić information content (AvgIpc) is 2.56. The van der Waals surface area contributed by atoms with Crippen molar-refractivity contribution in [3.63, 3.8) is 0 Å². The first-order valence-corrected chi connectivity index (χ1v) is 11.8. The molecule has 142 valence electrons. The molecule has 2 aromatic rings. The Balaban J connectivity index is 2.11. The van der Waals surface area contributed by atoms with E-state index in [2.05, 4.69) is 33.9 Å². The lowest BCUT2D eigenvalue weighted by Gasteiger charge is -2.36. The van der Waals surface area contributed by atoms with E-state index in [4.69, 9.17) is 9.16 Å². The summed E-state index contributed by atoms with van der Waals surface area (Å²) in [6.07, 6.45) is 0. The van der Waals surface area contributed by atoms with Crippen molar-refractivity contribution in [2.75, 3.05) is 19.1 Å². The number of methoxy groups -OCH3 is 1. The Morgan fingerprint density at radius 3 is 2.08 bits per heavy atom. The first kappa shape index (κ1) is 20.3. The quantitative estimate of drug-likeness (QED) is 0.591. The first-order chi connectivity index (χ1) is 12.0. The smallest absolute Gasteiger partial charge is 0.250 e. The van der Waals surface area contributed by atoms with Crippen molar-refractivity contribution in [2.45, 2.75) is 45.4 Å². The summed E-state index contributed by atoms with van der Waals surface area (Å²) in [5.74, 6) is 1.19. The molecule has 0 saturated heterocycles. The molecule has 0 fully saturated rings. The summed E-state index contributed by atoms with van der Waals surface area (Å²) in [7, 11) is 1.62. The van der Waals surface area contributed by atoms with Crippen LogP contribution < -0.4 is 14.1 Å². The minimum Gasteiger partial charge on any atom is -0.543 e. The maximum absolute atomic E-state index is 14.6. The van der Waals surface area contributed by atoms with Gasteiger partial charge in [-0.2, -0.15) is 0 Å². The highest BCUT2D eigenvalue weighted by molar-refractivity contribution is 6.74. The zero-order valence-corrected chi connectivity index (χ0v) is 17.9. The van der Waals surface area contributed by atoms with Crippen LogP contribution in [0.3, 0.4) is 0 Å². The fourth-order valence-corrected chi connectivity index (χ4v) is 3.37. The summed E-state index contributed by atoms with van der Waals surface area (Å²) in [4.78, 5) is 2.01. The molecule has 0 aliphatic rings. The van der Waals surface area contributed by atoms with E-state index in [0.29, 0.717) is 17.9 Å². The van der Waals surface area contributed by atoms with Gasteiger partial charge in [0.2, 0.25) is 8.32 Å². The van der Waals surface area contributed by atoms with Crippen molar-refractivity contribution in [3.8, 4) is 11.5 Å². The topological polar surface area (TPSA) is 21.7 Å². The van der Waals surface area contributed by atoms with Gasteiger partial charge in [-0.1, -0.05) is 26.8 Å². The Labute approximate surface area is 157 Å². The van der Waals surface area contributed by atoms with Gasteiger partial charge in [-0.3, -0.25) is 0 Å². The summed E-state index contributed by atoms with van der Waals surface area (Å²) in [6.45, 7) is 11.3. The molecule has 0 heterocycles. The molecule has 26 heavy (non-hydrogen) atoms. The van der Waals surface area contributed by atoms with E-state index >= 15 is 0 Å². The van der Waals surface area contributed by atoms with Crippen LogP contribution in [0.1, 0.15) is 26.3 Å². The van der Waals surface area contributed by atoms with Gasteiger partial charge in [-0.15, -0.1) is 0 Å². The van der Waals surface area contributed by atoms with Gasteiger partial charge in [0, 0.05) is 30.9 Å². The normalized spacial score (nSPS) is 12.0. The number of hydrogen-bond acceptors (Lipinski definition) is 3. The lowest BCUT2D eigenvalue weighted by molar-refractivity contribution is 0.415.